The zero-order valence-electron chi connectivity index (χ0n) is 13.6. The number of benzene rings is 1. The Labute approximate surface area is 145 Å². The third-order valence-corrected chi connectivity index (χ3v) is 4.56. The van der Waals surface area contributed by atoms with Crippen molar-refractivity contribution in [2.45, 2.75) is 32.1 Å². The number of nitrogens with zero attached hydrogens (tertiary/aromatic N) is 2. The van der Waals surface area contributed by atoms with Crippen molar-refractivity contribution in [2.75, 3.05) is 12.4 Å². The lowest BCUT2D eigenvalue weighted by Gasteiger charge is -2.26. The summed E-state index contributed by atoms with van der Waals surface area (Å²) in [6.07, 6.45) is 1.61. The van der Waals surface area contributed by atoms with Gasteiger partial charge in [-0.05, 0) is 12.5 Å². The highest BCUT2D eigenvalue weighted by Crippen LogP contribution is 2.38. The van der Waals surface area contributed by atoms with Gasteiger partial charge in [0.25, 0.3) is 5.56 Å². The van der Waals surface area contributed by atoms with Gasteiger partial charge in [0.15, 0.2) is 0 Å². The van der Waals surface area contributed by atoms with Gasteiger partial charge in [-0.25, -0.2) is 8.96 Å². The number of ether oxygens (including phenoxy) is 1. The van der Waals surface area contributed by atoms with E-state index in [-0.39, 0.29) is 17.9 Å². The number of amides is 1. The number of hydrogen-bond acceptors (Lipinski definition) is 5. The largest absolute Gasteiger partial charge is 0.496 e. The molecule has 1 aliphatic rings. The third-order valence-electron chi connectivity index (χ3n) is 4.15. The van der Waals surface area contributed by atoms with E-state index in [2.05, 4.69) is 23.1 Å². The summed E-state index contributed by atoms with van der Waals surface area (Å²) >= 11 is 4.30. The fourth-order valence-corrected chi connectivity index (χ4v) is 3.31. The van der Waals surface area contributed by atoms with Gasteiger partial charge in [0.05, 0.1) is 12.7 Å². The second-order valence-corrected chi connectivity index (χ2v) is 6.10. The van der Waals surface area contributed by atoms with E-state index in [0.29, 0.717) is 29.4 Å². The zero-order chi connectivity index (χ0) is 17.3. The molecule has 2 aromatic rings. The Balaban J connectivity index is 2.21. The third kappa shape index (κ3) is 2.80. The van der Waals surface area contributed by atoms with Crippen LogP contribution in [0.5, 0.6) is 5.75 Å². The number of carbonyl (C=O) groups is 1. The summed E-state index contributed by atoms with van der Waals surface area (Å²) in [4.78, 5) is 29.5. The van der Waals surface area contributed by atoms with Crippen LogP contribution in [0.3, 0.4) is 0 Å². The molecule has 0 saturated carbocycles. The molecule has 1 unspecified atom stereocenters. The van der Waals surface area contributed by atoms with Gasteiger partial charge >= 0.3 is 0 Å². The van der Waals surface area contributed by atoms with Crippen molar-refractivity contribution in [1.29, 1.82) is 0 Å². The highest BCUT2D eigenvalue weighted by molar-refractivity contribution is 7.78. The molecule has 7 heteroatoms. The quantitative estimate of drug-likeness (QED) is 0.835. The van der Waals surface area contributed by atoms with Crippen molar-refractivity contribution < 1.29 is 9.53 Å². The maximum absolute atomic E-state index is 12.9. The molecule has 0 bridgehead atoms. The van der Waals surface area contributed by atoms with Crippen molar-refractivity contribution in [1.82, 2.24) is 8.96 Å². The van der Waals surface area contributed by atoms with E-state index in [1.165, 1.54) is 3.97 Å². The van der Waals surface area contributed by atoms with Gasteiger partial charge in [-0.2, -0.15) is 0 Å². The topological polar surface area (TPSA) is 73.2 Å². The van der Waals surface area contributed by atoms with Crippen molar-refractivity contribution >= 4 is 24.5 Å². The first-order valence-electron chi connectivity index (χ1n) is 7.84. The number of aromatic nitrogens is 2. The van der Waals surface area contributed by atoms with Crippen LogP contribution in [-0.2, 0) is 11.2 Å². The fraction of sp³-hybridized carbons (Fsp3) is 0.353. The summed E-state index contributed by atoms with van der Waals surface area (Å²) in [5.41, 5.74) is 1.00. The maximum Gasteiger partial charge on any atom is 0.269 e. The Kier molecular flexibility index (Phi) is 4.62. The monoisotopic (exact) mass is 345 g/mol. The first-order chi connectivity index (χ1) is 11.6. The summed E-state index contributed by atoms with van der Waals surface area (Å²) in [6.45, 7) is 2.00. The number of carbonyl (C=O) groups excluding carboxylic acids is 1. The second-order valence-electron chi connectivity index (χ2n) is 5.70. The number of rotatable bonds is 4. The number of nitrogens with one attached hydrogen (secondary N) is 1. The number of anilines is 1. The minimum Gasteiger partial charge on any atom is -0.496 e. The second kappa shape index (κ2) is 6.68. The van der Waals surface area contributed by atoms with E-state index in [1.54, 1.807) is 7.11 Å². The van der Waals surface area contributed by atoms with Gasteiger partial charge in [0.2, 0.25) is 5.91 Å². The van der Waals surface area contributed by atoms with Crippen LogP contribution in [0.25, 0.3) is 0 Å². The fourth-order valence-electron chi connectivity index (χ4n) is 3.05. The number of thiol groups is 1. The summed E-state index contributed by atoms with van der Waals surface area (Å²) < 4.78 is 6.68. The zero-order valence-corrected chi connectivity index (χ0v) is 14.5. The minimum atomic E-state index is -0.404. The molecule has 1 aliphatic heterocycles. The van der Waals surface area contributed by atoms with Gasteiger partial charge < -0.3 is 10.1 Å². The molecule has 1 amide bonds. The predicted molar refractivity (Wildman–Crippen MR) is 95.0 cm³/mol. The van der Waals surface area contributed by atoms with E-state index in [0.717, 1.165) is 12.0 Å². The van der Waals surface area contributed by atoms with E-state index in [9.17, 15) is 9.59 Å². The summed E-state index contributed by atoms with van der Waals surface area (Å²) in [5.74, 6) is 0.959. The molecular formula is C17H19N3O3S. The van der Waals surface area contributed by atoms with Crippen LogP contribution in [0.2, 0.25) is 0 Å². The first-order valence-corrected chi connectivity index (χ1v) is 8.24. The average molecular weight is 345 g/mol. The van der Waals surface area contributed by atoms with Crippen LogP contribution in [0.1, 0.15) is 42.6 Å². The summed E-state index contributed by atoms with van der Waals surface area (Å²) in [6, 6.07) is 7.40. The van der Waals surface area contributed by atoms with Crippen LogP contribution in [-0.4, -0.2) is 22.0 Å². The molecule has 0 fully saturated rings. The summed E-state index contributed by atoms with van der Waals surface area (Å²) in [7, 11) is 1.57. The molecule has 1 aromatic heterocycles. The Morgan fingerprint density at radius 2 is 2.12 bits per heavy atom. The number of methoxy groups -OCH3 is 1. The lowest BCUT2D eigenvalue weighted by atomic mass is 9.86. The Morgan fingerprint density at radius 1 is 1.38 bits per heavy atom. The highest BCUT2D eigenvalue weighted by Gasteiger charge is 2.33. The van der Waals surface area contributed by atoms with Gasteiger partial charge in [0.1, 0.15) is 17.4 Å². The normalized spacial score (nSPS) is 16.5. The van der Waals surface area contributed by atoms with Crippen molar-refractivity contribution in [2.24, 2.45) is 0 Å². The molecule has 0 saturated heterocycles. The van der Waals surface area contributed by atoms with E-state index < -0.39 is 5.92 Å². The SMILES string of the molecule is CCCc1nc2c(c(=O)n1S)C(c1ccccc1OC)CC(=O)N2. The Bertz CT molecular complexity index is 847. The minimum absolute atomic E-state index is 0.162. The first kappa shape index (κ1) is 16.6. The van der Waals surface area contributed by atoms with Gasteiger partial charge in [-0.15, -0.1) is 0 Å². The Hall–Kier alpha value is -2.28. The average Bonchev–Trinajstić information content (AvgIpc) is 2.58. The molecule has 0 radical (unpaired) electrons. The molecule has 6 nitrogen and oxygen atoms in total. The number of fused-ring (bicyclic) bond motifs is 1. The number of hydrogen-bond donors (Lipinski definition) is 2. The predicted octanol–water partition coefficient (Wildman–Crippen LogP) is 2.37. The standard InChI is InChI=1S/C17H19N3O3S/c1-3-6-13-18-16-15(17(22)20(13)24)11(9-14(21)19-16)10-7-4-5-8-12(10)23-2/h4-5,7-8,11,24H,3,6,9H2,1-2H3,(H,19,21). The lowest BCUT2D eigenvalue weighted by molar-refractivity contribution is -0.116. The molecule has 3 rings (SSSR count). The smallest absolute Gasteiger partial charge is 0.269 e. The van der Waals surface area contributed by atoms with Crippen LogP contribution >= 0.6 is 12.8 Å². The van der Waals surface area contributed by atoms with Crippen molar-refractivity contribution in [3.63, 3.8) is 0 Å². The molecule has 0 aliphatic carbocycles. The molecule has 1 atom stereocenters. The van der Waals surface area contributed by atoms with Gasteiger partial charge in [-0.1, -0.05) is 37.9 Å². The number of aryl methyl sites for hydroxylation is 1. The maximum atomic E-state index is 12.9. The van der Waals surface area contributed by atoms with Crippen LogP contribution < -0.4 is 15.6 Å². The lowest BCUT2D eigenvalue weighted by Crippen LogP contribution is -2.34. The van der Waals surface area contributed by atoms with Crippen LogP contribution in [0.15, 0.2) is 29.1 Å². The molecule has 2 heterocycles. The molecule has 0 spiro atoms. The highest BCUT2D eigenvalue weighted by atomic mass is 32.1. The number of para-hydroxylation sites is 1. The Morgan fingerprint density at radius 3 is 2.83 bits per heavy atom. The summed E-state index contributed by atoms with van der Waals surface area (Å²) in [5, 5.41) is 2.73. The van der Waals surface area contributed by atoms with E-state index in [1.807, 2.05) is 31.2 Å². The molecule has 1 aromatic carbocycles. The molecular weight excluding hydrogens is 326 g/mol. The van der Waals surface area contributed by atoms with E-state index >= 15 is 0 Å². The van der Waals surface area contributed by atoms with Crippen molar-refractivity contribution in [3.05, 3.63) is 51.6 Å². The molecule has 24 heavy (non-hydrogen) atoms. The molecule has 1 N–H and O–H groups in total. The van der Waals surface area contributed by atoms with Gasteiger partial charge in [0, 0.05) is 24.3 Å². The van der Waals surface area contributed by atoms with Gasteiger partial charge in [-0.3, -0.25) is 9.59 Å². The van der Waals surface area contributed by atoms with E-state index in [4.69, 9.17) is 4.74 Å². The molecule has 126 valence electrons. The van der Waals surface area contributed by atoms with Crippen LogP contribution in [0.4, 0.5) is 5.82 Å². The van der Waals surface area contributed by atoms with Crippen molar-refractivity contribution in [3.8, 4) is 5.75 Å². The van der Waals surface area contributed by atoms with Crippen LogP contribution in [0, 0.1) is 0 Å².